The van der Waals surface area contributed by atoms with Gasteiger partial charge in [0.2, 0.25) is 0 Å². The number of hydrogen-bond donors (Lipinski definition) is 1. The minimum atomic E-state index is -0.204. The summed E-state index contributed by atoms with van der Waals surface area (Å²) in [6, 6.07) is 11.0. The second-order valence-corrected chi connectivity index (χ2v) is 5.08. The van der Waals surface area contributed by atoms with Gasteiger partial charge in [0.25, 0.3) is 0 Å². The molecule has 0 bridgehead atoms. The van der Waals surface area contributed by atoms with Crippen LogP contribution in [0.3, 0.4) is 0 Å². The molecule has 2 atom stereocenters. The van der Waals surface area contributed by atoms with E-state index in [-0.39, 0.29) is 12.0 Å². The van der Waals surface area contributed by atoms with E-state index in [1.54, 1.807) is 18.3 Å². The number of rotatable bonds is 3. The van der Waals surface area contributed by atoms with E-state index in [4.69, 9.17) is 28.9 Å². The highest BCUT2D eigenvalue weighted by Crippen LogP contribution is 2.32. The number of nitrogens with zero attached hydrogens (tertiary/aromatic N) is 1. The smallest absolute Gasteiger partial charge is 0.0468 e. The lowest BCUT2D eigenvalue weighted by Crippen LogP contribution is -2.18. The minimum absolute atomic E-state index is 0.0878. The summed E-state index contributed by atoms with van der Waals surface area (Å²) in [6.45, 7) is 2.04. The molecule has 0 radical (unpaired) electrons. The molecule has 2 rings (SSSR count). The molecule has 0 saturated heterocycles. The Hall–Kier alpha value is -1.09. The summed E-state index contributed by atoms with van der Waals surface area (Å²) >= 11 is 12.1. The van der Waals surface area contributed by atoms with E-state index >= 15 is 0 Å². The molecule has 0 spiro atoms. The van der Waals surface area contributed by atoms with Crippen LogP contribution >= 0.6 is 23.2 Å². The monoisotopic (exact) mass is 280 g/mol. The van der Waals surface area contributed by atoms with Crippen LogP contribution in [0.15, 0.2) is 42.6 Å². The van der Waals surface area contributed by atoms with Gasteiger partial charge in [-0.05, 0) is 29.8 Å². The van der Waals surface area contributed by atoms with Gasteiger partial charge >= 0.3 is 0 Å². The van der Waals surface area contributed by atoms with Crippen molar-refractivity contribution in [3.05, 3.63) is 63.9 Å². The quantitative estimate of drug-likeness (QED) is 0.916. The molecule has 2 unspecified atom stereocenters. The summed E-state index contributed by atoms with van der Waals surface area (Å²) in [5.41, 5.74) is 8.10. The number of nitrogens with two attached hydrogens (primary N) is 1. The van der Waals surface area contributed by atoms with Gasteiger partial charge < -0.3 is 5.73 Å². The summed E-state index contributed by atoms with van der Waals surface area (Å²) < 4.78 is 0. The number of halogens is 2. The number of pyridine rings is 1. The van der Waals surface area contributed by atoms with Crippen molar-refractivity contribution < 1.29 is 0 Å². The third-order valence-electron chi connectivity index (χ3n) is 3.01. The molecule has 0 amide bonds. The maximum Gasteiger partial charge on any atom is 0.0468 e. The Balaban J connectivity index is 2.28. The van der Waals surface area contributed by atoms with Crippen LogP contribution in [0.4, 0.5) is 0 Å². The zero-order valence-corrected chi connectivity index (χ0v) is 11.5. The van der Waals surface area contributed by atoms with Crippen LogP contribution < -0.4 is 5.73 Å². The maximum atomic E-state index is 6.25. The predicted octanol–water partition coefficient (Wildman–Crippen LogP) is 4.19. The second-order valence-electron chi connectivity index (χ2n) is 4.23. The van der Waals surface area contributed by atoms with Gasteiger partial charge in [-0.1, -0.05) is 42.3 Å². The van der Waals surface area contributed by atoms with Crippen LogP contribution in [0.25, 0.3) is 0 Å². The largest absolute Gasteiger partial charge is 0.323 e. The molecule has 0 aliphatic heterocycles. The lowest BCUT2D eigenvalue weighted by molar-refractivity contribution is 0.584. The molecular formula is C14H14Cl2N2. The fourth-order valence-corrected chi connectivity index (χ4v) is 2.40. The molecule has 1 heterocycles. The van der Waals surface area contributed by atoms with Gasteiger partial charge in [0, 0.05) is 33.9 Å². The standard InChI is InChI=1S/C14H14Cl2N2/c1-9(13-4-2-3-7-18-13)14(17)11-6-5-10(15)8-12(11)16/h2-9,14H,17H2,1H3. The molecular weight excluding hydrogens is 267 g/mol. The van der Waals surface area contributed by atoms with E-state index < -0.39 is 0 Å². The first-order chi connectivity index (χ1) is 8.59. The van der Waals surface area contributed by atoms with Crippen molar-refractivity contribution in [2.24, 2.45) is 5.73 Å². The van der Waals surface area contributed by atoms with E-state index in [0.29, 0.717) is 10.0 Å². The Morgan fingerprint density at radius 1 is 1.17 bits per heavy atom. The van der Waals surface area contributed by atoms with Crippen molar-refractivity contribution in [3.63, 3.8) is 0 Å². The minimum Gasteiger partial charge on any atom is -0.323 e. The maximum absolute atomic E-state index is 6.25. The summed E-state index contributed by atoms with van der Waals surface area (Å²) in [7, 11) is 0. The van der Waals surface area contributed by atoms with E-state index in [1.165, 1.54) is 0 Å². The van der Waals surface area contributed by atoms with E-state index in [2.05, 4.69) is 4.98 Å². The molecule has 94 valence electrons. The average Bonchev–Trinajstić information content (AvgIpc) is 2.38. The fourth-order valence-electron chi connectivity index (χ4n) is 1.87. The SMILES string of the molecule is CC(c1ccccn1)C(N)c1ccc(Cl)cc1Cl. The Morgan fingerprint density at radius 2 is 1.94 bits per heavy atom. The highest BCUT2D eigenvalue weighted by atomic mass is 35.5. The van der Waals surface area contributed by atoms with Gasteiger partial charge in [-0.3, -0.25) is 4.98 Å². The Morgan fingerprint density at radius 3 is 2.56 bits per heavy atom. The van der Waals surface area contributed by atoms with Crippen LogP contribution in [0, 0.1) is 0 Å². The molecule has 1 aromatic heterocycles. The average molecular weight is 281 g/mol. The zero-order chi connectivity index (χ0) is 13.1. The van der Waals surface area contributed by atoms with Gasteiger partial charge in [0.1, 0.15) is 0 Å². The van der Waals surface area contributed by atoms with Crippen LogP contribution in [0.2, 0.25) is 10.0 Å². The van der Waals surface area contributed by atoms with Crippen molar-refractivity contribution >= 4 is 23.2 Å². The predicted molar refractivity (Wildman–Crippen MR) is 76.0 cm³/mol. The Kier molecular flexibility index (Phi) is 4.23. The van der Waals surface area contributed by atoms with Crippen molar-refractivity contribution in [1.29, 1.82) is 0 Å². The molecule has 0 aliphatic rings. The first-order valence-corrected chi connectivity index (χ1v) is 6.46. The Bertz CT molecular complexity index is 529. The van der Waals surface area contributed by atoms with Crippen LogP contribution in [-0.4, -0.2) is 4.98 Å². The molecule has 4 heteroatoms. The van der Waals surface area contributed by atoms with Gasteiger partial charge in [-0.25, -0.2) is 0 Å². The fraction of sp³-hybridized carbons (Fsp3) is 0.214. The van der Waals surface area contributed by atoms with Crippen molar-refractivity contribution in [1.82, 2.24) is 4.98 Å². The summed E-state index contributed by atoms with van der Waals surface area (Å²) in [6.07, 6.45) is 1.77. The molecule has 2 N–H and O–H groups in total. The number of aromatic nitrogens is 1. The van der Waals surface area contributed by atoms with E-state index in [9.17, 15) is 0 Å². The first-order valence-electron chi connectivity index (χ1n) is 5.71. The molecule has 2 aromatic rings. The normalized spacial score (nSPS) is 14.2. The van der Waals surface area contributed by atoms with Crippen LogP contribution in [0.5, 0.6) is 0 Å². The lowest BCUT2D eigenvalue weighted by atomic mass is 9.92. The third kappa shape index (κ3) is 2.83. The van der Waals surface area contributed by atoms with Crippen LogP contribution in [-0.2, 0) is 0 Å². The Labute approximate surface area is 117 Å². The van der Waals surface area contributed by atoms with Crippen molar-refractivity contribution in [2.75, 3.05) is 0 Å². The summed E-state index contributed by atoms with van der Waals surface area (Å²) in [5, 5.41) is 1.21. The van der Waals surface area contributed by atoms with Crippen molar-refractivity contribution in [3.8, 4) is 0 Å². The molecule has 0 aliphatic carbocycles. The van der Waals surface area contributed by atoms with Crippen molar-refractivity contribution in [2.45, 2.75) is 18.9 Å². The topological polar surface area (TPSA) is 38.9 Å². The zero-order valence-electron chi connectivity index (χ0n) is 9.98. The molecule has 18 heavy (non-hydrogen) atoms. The summed E-state index contributed by atoms with van der Waals surface area (Å²) in [4.78, 5) is 4.32. The summed E-state index contributed by atoms with van der Waals surface area (Å²) in [5.74, 6) is 0.0878. The number of benzene rings is 1. The van der Waals surface area contributed by atoms with Crippen LogP contribution in [0.1, 0.15) is 30.1 Å². The van der Waals surface area contributed by atoms with Gasteiger partial charge in [0.05, 0.1) is 0 Å². The highest BCUT2D eigenvalue weighted by Gasteiger charge is 2.20. The van der Waals surface area contributed by atoms with E-state index in [0.717, 1.165) is 11.3 Å². The third-order valence-corrected chi connectivity index (χ3v) is 3.58. The second kappa shape index (κ2) is 5.70. The highest BCUT2D eigenvalue weighted by molar-refractivity contribution is 6.35. The number of hydrogen-bond acceptors (Lipinski definition) is 2. The lowest BCUT2D eigenvalue weighted by Gasteiger charge is -2.21. The molecule has 0 fully saturated rings. The molecule has 1 aromatic carbocycles. The van der Waals surface area contributed by atoms with Gasteiger partial charge in [-0.2, -0.15) is 0 Å². The van der Waals surface area contributed by atoms with E-state index in [1.807, 2.05) is 31.2 Å². The van der Waals surface area contributed by atoms with Gasteiger partial charge in [0.15, 0.2) is 0 Å². The molecule has 0 saturated carbocycles. The van der Waals surface area contributed by atoms with Gasteiger partial charge in [-0.15, -0.1) is 0 Å². The first kappa shape index (κ1) is 13.3. The molecule has 2 nitrogen and oxygen atoms in total.